The first-order chi connectivity index (χ1) is 9.89. The van der Waals surface area contributed by atoms with Crippen LogP contribution in [0.25, 0.3) is 0 Å². The zero-order valence-corrected chi connectivity index (χ0v) is 12.6. The summed E-state index contributed by atoms with van der Waals surface area (Å²) in [6, 6.07) is 7.46. The molecule has 2 rings (SSSR count). The molecular weight excluding hydrogens is 268 g/mol. The van der Waals surface area contributed by atoms with Crippen molar-refractivity contribution in [3.05, 3.63) is 29.8 Å². The predicted molar refractivity (Wildman–Crippen MR) is 79.4 cm³/mol. The van der Waals surface area contributed by atoms with Gasteiger partial charge >= 0.3 is 6.09 Å². The number of carbonyl (C=O) groups excluding carboxylic acids is 2. The average Bonchev–Trinajstić information content (AvgIpc) is 2.88. The fraction of sp³-hybridized carbons (Fsp3) is 0.500. The summed E-state index contributed by atoms with van der Waals surface area (Å²) in [4.78, 5) is 27.5. The summed E-state index contributed by atoms with van der Waals surface area (Å²) < 4.78 is 5.39. The van der Waals surface area contributed by atoms with Crippen LogP contribution in [-0.4, -0.2) is 35.8 Å². The predicted octanol–water partition coefficient (Wildman–Crippen LogP) is 3.38. The number of isocyanates is 1. The van der Waals surface area contributed by atoms with Crippen molar-refractivity contribution in [2.24, 2.45) is 4.99 Å². The normalized spacial score (nSPS) is 18.2. The minimum absolute atomic E-state index is 0.257. The molecule has 0 bridgehead atoms. The molecule has 0 saturated carbocycles. The van der Waals surface area contributed by atoms with Crippen LogP contribution in [0.3, 0.4) is 0 Å². The van der Waals surface area contributed by atoms with Crippen molar-refractivity contribution in [1.29, 1.82) is 0 Å². The number of hydrogen-bond acceptors (Lipinski definition) is 4. The van der Waals surface area contributed by atoms with Crippen LogP contribution in [0.1, 0.15) is 38.7 Å². The van der Waals surface area contributed by atoms with Crippen LogP contribution in [0.2, 0.25) is 0 Å². The average molecular weight is 288 g/mol. The molecule has 0 N–H and O–H groups in total. The second-order valence-corrected chi connectivity index (χ2v) is 6.21. The van der Waals surface area contributed by atoms with E-state index in [9.17, 15) is 9.59 Å². The SMILES string of the molecule is CC(C)(C)OC(=O)N1CC[C@@H](c2ccc(N=C=O)cc2)C1. The van der Waals surface area contributed by atoms with Crippen molar-refractivity contribution in [3.63, 3.8) is 0 Å². The molecule has 1 aliphatic rings. The molecule has 1 aromatic rings. The van der Waals surface area contributed by atoms with Gasteiger partial charge < -0.3 is 9.64 Å². The number of likely N-dealkylation sites (tertiary alicyclic amines) is 1. The van der Waals surface area contributed by atoms with Gasteiger partial charge in [-0.1, -0.05) is 12.1 Å². The number of rotatable bonds is 2. The van der Waals surface area contributed by atoms with E-state index in [0.29, 0.717) is 24.7 Å². The summed E-state index contributed by atoms with van der Waals surface area (Å²) in [6.45, 7) is 6.96. The van der Waals surface area contributed by atoms with Crippen LogP contribution >= 0.6 is 0 Å². The van der Waals surface area contributed by atoms with Gasteiger partial charge in [-0.25, -0.2) is 9.59 Å². The van der Waals surface area contributed by atoms with Gasteiger partial charge in [0, 0.05) is 19.0 Å². The molecule has 5 heteroatoms. The van der Waals surface area contributed by atoms with Crippen LogP contribution < -0.4 is 0 Å². The van der Waals surface area contributed by atoms with E-state index < -0.39 is 5.60 Å². The summed E-state index contributed by atoms with van der Waals surface area (Å²) in [7, 11) is 0. The lowest BCUT2D eigenvalue weighted by molar-refractivity contribution is 0.0292. The van der Waals surface area contributed by atoms with Crippen LogP contribution in [0.4, 0.5) is 10.5 Å². The van der Waals surface area contributed by atoms with E-state index in [1.807, 2.05) is 32.9 Å². The number of nitrogens with zero attached hydrogens (tertiary/aromatic N) is 2. The number of amides is 1. The Balaban J connectivity index is 1.98. The first kappa shape index (κ1) is 15.3. The highest BCUT2D eigenvalue weighted by molar-refractivity contribution is 5.68. The van der Waals surface area contributed by atoms with Crippen molar-refractivity contribution in [3.8, 4) is 0 Å². The highest BCUT2D eigenvalue weighted by atomic mass is 16.6. The molecule has 1 heterocycles. The van der Waals surface area contributed by atoms with Crippen LogP contribution in [0.15, 0.2) is 29.3 Å². The lowest BCUT2D eigenvalue weighted by Gasteiger charge is -2.24. The Morgan fingerprint density at radius 1 is 1.33 bits per heavy atom. The highest BCUT2D eigenvalue weighted by Gasteiger charge is 2.30. The first-order valence-electron chi connectivity index (χ1n) is 7.05. The number of ether oxygens (including phenoxy) is 1. The fourth-order valence-corrected chi connectivity index (χ4v) is 2.40. The summed E-state index contributed by atoms with van der Waals surface area (Å²) in [5, 5.41) is 0. The molecule has 112 valence electrons. The molecule has 0 unspecified atom stereocenters. The zero-order valence-electron chi connectivity index (χ0n) is 12.6. The van der Waals surface area contributed by atoms with Crippen LogP contribution in [-0.2, 0) is 9.53 Å². The van der Waals surface area contributed by atoms with Crippen LogP contribution in [0, 0.1) is 0 Å². The largest absolute Gasteiger partial charge is 0.444 e. The lowest BCUT2D eigenvalue weighted by Crippen LogP contribution is -2.35. The Morgan fingerprint density at radius 2 is 2.00 bits per heavy atom. The molecule has 1 atom stereocenters. The highest BCUT2D eigenvalue weighted by Crippen LogP contribution is 2.29. The third kappa shape index (κ3) is 4.17. The van der Waals surface area contributed by atoms with E-state index in [0.717, 1.165) is 12.0 Å². The Kier molecular flexibility index (Phi) is 4.43. The van der Waals surface area contributed by atoms with Crippen molar-refractivity contribution < 1.29 is 14.3 Å². The number of carbonyl (C=O) groups is 1. The van der Waals surface area contributed by atoms with E-state index in [4.69, 9.17) is 4.74 Å². The molecule has 5 nitrogen and oxygen atoms in total. The molecule has 0 aliphatic carbocycles. The van der Waals surface area contributed by atoms with Gasteiger partial charge in [-0.05, 0) is 44.9 Å². The van der Waals surface area contributed by atoms with Crippen molar-refractivity contribution >= 4 is 17.9 Å². The van der Waals surface area contributed by atoms with Gasteiger partial charge in [0.25, 0.3) is 0 Å². The maximum Gasteiger partial charge on any atom is 0.410 e. The molecule has 1 amide bonds. The molecule has 0 aromatic heterocycles. The van der Waals surface area contributed by atoms with Gasteiger partial charge in [-0.15, -0.1) is 0 Å². The van der Waals surface area contributed by atoms with Gasteiger partial charge in [0.15, 0.2) is 0 Å². The second kappa shape index (κ2) is 6.10. The van der Waals surface area contributed by atoms with E-state index >= 15 is 0 Å². The number of benzene rings is 1. The smallest absolute Gasteiger partial charge is 0.410 e. The third-order valence-corrected chi connectivity index (χ3v) is 3.38. The zero-order chi connectivity index (χ0) is 15.5. The number of hydrogen-bond donors (Lipinski definition) is 0. The second-order valence-electron chi connectivity index (χ2n) is 6.21. The molecule has 1 aliphatic heterocycles. The van der Waals surface area contributed by atoms with Crippen molar-refractivity contribution in [2.45, 2.75) is 38.7 Å². The van der Waals surface area contributed by atoms with Gasteiger partial charge in [0.05, 0.1) is 5.69 Å². The Morgan fingerprint density at radius 3 is 2.57 bits per heavy atom. The molecule has 21 heavy (non-hydrogen) atoms. The lowest BCUT2D eigenvalue weighted by atomic mass is 9.98. The van der Waals surface area contributed by atoms with E-state index in [1.54, 1.807) is 17.0 Å². The molecule has 1 fully saturated rings. The van der Waals surface area contributed by atoms with Crippen LogP contribution in [0.5, 0.6) is 0 Å². The minimum Gasteiger partial charge on any atom is -0.444 e. The molecular formula is C16H20N2O3. The topological polar surface area (TPSA) is 59.0 Å². The van der Waals surface area contributed by atoms with E-state index in [-0.39, 0.29) is 6.09 Å². The Labute approximate surface area is 124 Å². The van der Waals surface area contributed by atoms with Gasteiger partial charge in [-0.3, -0.25) is 0 Å². The molecule has 1 aromatic carbocycles. The summed E-state index contributed by atoms with van der Waals surface area (Å²) in [5.41, 5.74) is 1.27. The van der Waals surface area contributed by atoms with Crippen molar-refractivity contribution in [2.75, 3.05) is 13.1 Å². The van der Waals surface area contributed by atoms with Crippen molar-refractivity contribution in [1.82, 2.24) is 4.90 Å². The molecule has 0 radical (unpaired) electrons. The third-order valence-electron chi connectivity index (χ3n) is 3.38. The van der Waals surface area contributed by atoms with E-state index in [2.05, 4.69) is 4.99 Å². The summed E-state index contributed by atoms with van der Waals surface area (Å²) in [6.07, 6.45) is 2.18. The van der Waals surface area contributed by atoms with Gasteiger partial charge in [-0.2, -0.15) is 4.99 Å². The van der Waals surface area contributed by atoms with Gasteiger partial charge in [0.2, 0.25) is 6.08 Å². The Hall–Kier alpha value is -2.13. The quantitative estimate of drug-likeness (QED) is 0.619. The number of aliphatic imine (C=N–C) groups is 1. The van der Waals surface area contributed by atoms with E-state index in [1.165, 1.54) is 6.08 Å². The first-order valence-corrected chi connectivity index (χ1v) is 7.05. The maximum absolute atomic E-state index is 12.0. The summed E-state index contributed by atoms with van der Waals surface area (Å²) in [5.74, 6) is 0.298. The van der Waals surface area contributed by atoms with Gasteiger partial charge in [0.1, 0.15) is 5.60 Å². The standard InChI is InChI=1S/C16H20N2O3/c1-16(2,3)21-15(20)18-9-8-13(10-18)12-4-6-14(7-5-12)17-11-19/h4-7,13H,8-10H2,1-3H3/t13-/m1/s1. The monoisotopic (exact) mass is 288 g/mol. The fourth-order valence-electron chi connectivity index (χ4n) is 2.40. The maximum atomic E-state index is 12.0. The molecule has 0 spiro atoms. The molecule has 1 saturated heterocycles. The Bertz CT molecular complexity index is 554. The minimum atomic E-state index is -0.469. The summed E-state index contributed by atoms with van der Waals surface area (Å²) >= 11 is 0.